The molecule has 1 amide bonds. The van der Waals surface area contributed by atoms with Gasteiger partial charge in [0.05, 0.1) is 5.69 Å². The van der Waals surface area contributed by atoms with Crippen molar-refractivity contribution >= 4 is 17.5 Å². The number of halogens is 1. The average molecular weight is 272 g/mol. The van der Waals surface area contributed by atoms with Crippen LogP contribution in [-0.4, -0.2) is 28.1 Å². The highest BCUT2D eigenvalue weighted by Gasteiger charge is 2.12. The van der Waals surface area contributed by atoms with Crippen LogP contribution in [0.4, 0.5) is 0 Å². The normalized spacial score (nSPS) is 12.4. The van der Waals surface area contributed by atoms with Crippen LogP contribution in [0, 0.1) is 12.8 Å². The number of carbonyl (C=O) groups is 1. The van der Waals surface area contributed by atoms with E-state index in [0.717, 1.165) is 18.5 Å². The summed E-state index contributed by atoms with van der Waals surface area (Å²) in [5.41, 5.74) is 1.51. The molecule has 0 aliphatic heterocycles. The highest BCUT2D eigenvalue weighted by Crippen LogP contribution is 2.07. The molecule has 18 heavy (non-hydrogen) atoms. The number of hydrogen-bond donors (Lipinski definition) is 1. The van der Waals surface area contributed by atoms with E-state index in [-0.39, 0.29) is 5.91 Å². The van der Waals surface area contributed by atoms with Crippen LogP contribution in [0.15, 0.2) is 6.07 Å². The molecular formula is C13H22ClN3O. The summed E-state index contributed by atoms with van der Waals surface area (Å²) in [5.74, 6) is 1.14. The number of nitrogens with zero attached hydrogens (tertiary/aromatic N) is 2. The average Bonchev–Trinajstić information content (AvgIpc) is 2.75. The quantitative estimate of drug-likeness (QED) is 0.612. The number of carbonyl (C=O) groups excluding carboxylic acids is 1. The molecule has 1 N–H and O–H groups in total. The van der Waals surface area contributed by atoms with E-state index < -0.39 is 0 Å². The largest absolute Gasteiger partial charge is 0.351 e. The monoisotopic (exact) mass is 271 g/mol. The molecule has 0 radical (unpaired) electrons. The lowest BCUT2D eigenvalue weighted by molar-refractivity contribution is 0.0942. The first-order chi connectivity index (χ1) is 8.58. The van der Waals surface area contributed by atoms with E-state index in [2.05, 4.69) is 17.3 Å². The topological polar surface area (TPSA) is 46.9 Å². The van der Waals surface area contributed by atoms with Gasteiger partial charge in [0, 0.05) is 19.0 Å². The van der Waals surface area contributed by atoms with Crippen molar-refractivity contribution in [3.63, 3.8) is 0 Å². The fourth-order valence-electron chi connectivity index (χ4n) is 1.79. The molecular weight excluding hydrogens is 250 g/mol. The first-order valence-electron chi connectivity index (χ1n) is 6.47. The molecule has 0 saturated carbocycles. The van der Waals surface area contributed by atoms with Crippen molar-refractivity contribution in [3.05, 3.63) is 17.5 Å². The third-order valence-electron chi connectivity index (χ3n) is 2.86. The Morgan fingerprint density at radius 3 is 2.94 bits per heavy atom. The maximum Gasteiger partial charge on any atom is 0.269 e. The summed E-state index contributed by atoms with van der Waals surface area (Å²) in [6.45, 7) is 7.38. The third kappa shape index (κ3) is 4.33. The van der Waals surface area contributed by atoms with E-state index in [0.29, 0.717) is 30.6 Å². The van der Waals surface area contributed by atoms with Crippen molar-refractivity contribution in [2.45, 2.75) is 40.2 Å². The predicted molar refractivity (Wildman–Crippen MR) is 74.1 cm³/mol. The van der Waals surface area contributed by atoms with Crippen molar-refractivity contribution < 1.29 is 4.79 Å². The summed E-state index contributed by atoms with van der Waals surface area (Å²) >= 11 is 5.73. The molecule has 1 unspecified atom stereocenters. The molecule has 1 heterocycles. The predicted octanol–water partition coefficient (Wildman–Crippen LogP) is 2.60. The molecule has 0 aromatic carbocycles. The molecule has 4 nitrogen and oxygen atoms in total. The molecule has 0 fully saturated rings. The van der Waals surface area contributed by atoms with Gasteiger partial charge in [-0.2, -0.15) is 5.10 Å². The Labute approximate surface area is 114 Å². The number of hydrogen-bond acceptors (Lipinski definition) is 2. The molecule has 1 aromatic rings. The molecule has 1 atom stereocenters. The standard InChI is InChI=1S/C13H22ClN3O/c1-4-17-12(8-11(3)16-17)13(18)15-7-5-6-10(2)9-14/h8,10H,4-7,9H2,1-3H3,(H,15,18). The van der Waals surface area contributed by atoms with Crippen LogP contribution >= 0.6 is 11.6 Å². The van der Waals surface area contributed by atoms with Crippen LogP contribution in [0.5, 0.6) is 0 Å². The summed E-state index contributed by atoms with van der Waals surface area (Å²) in [6.07, 6.45) is 1.99. The van der Waals surface area contributed by atoms with Crippen molar-refractivity contribution in [1.29, 1.82) is 0 Å². The van der Waals surface area contributed by atoms with E-state index in [1.165, 1.54) is 0 Å². The zero-order valence-electron chi connectivity index (χ0n) is 11.4. The molecule has 0 aliphatic rings. The van der Waals surface area contributed by atoms with Crippen molar-refractivity contribution in [2.24, 2.45) is 5.92 Å². The van der Waals surface area contributed by atoms with Gasteiger partial charge in [0.1, 0.15) is 5.69 Å². The number of rotatable bonds is 7. The lowest BCUT2D eigenvalue weighted by atomic mass is 10.1. The van der Waals surface area contributed by atoms with Crippen molar-refractivity contribution in [1.82, 2.24) is 15.1 Å². The zero-order valence-corrected chi connectivity index (χ0v) is 12.1. The second-order valence-corrected chi connectivity index (χ2v) is 4.95. The lowest BCUT2D eigenvalue weighted by Gasteiger charge is -2.08. The Hall–Kier alpha value is -1.03. The summed E-state index contributed by atoms with van der Waals surface area (Å²) < 4.78 is 1.73. The smallest absolute Gasteiger partial charge is 0.269 e. The molecule has 102 valence electrons. The molecule has 0 aliphatic carbocycles. The second-order valence-electron chi connectivity index (χ2n) is 4.64. The van der Waals surface area contributed by atoms with Crippen LogP contribution < -0.4 is 5.32 Å². The highest BCUT2D eigenvalue weighted by molar-refractivity contribution is 6.18. The molecule has 1 aromatic heterocycles. The minimum Gasteiger partial charge on any atom is -0.351 e. The minimum absolute atomic E-state index is 0.0454. The fourth-order valence-corrected chi connectivity index (χ4v) is 1.94. The maximum atomic E-state index is 12.0. The maximum absolute atomic E-state index is 12.0. The summed E-state index contributed by atoms with van der Waals surface area (Å²) in [7, 11) is 0. The Morgan fingerprint density at radius 2 is 2.33 bits per heavy atom. The second kappa shape index (κ2) is 7.41. The summed E-state index contributed by atoms with van der Waals surface area (Å²) in [6, 6.07) is 1.82. The van der Waals surface area contributed by atoms with Gasteiger partial charge in [0.15, 0.2) is 0 Å². The van der Waals surface area contributed by atoms with Gasteiger partial charge in [-0.15, -0.1) is 11.6 Å². The van der Waals surface area contributed by atoms with E-state index in [4.69, 9.17) is 11.6 Å². The number of aromatic nitrogens is 2. The van der Waals surface area contributed by atoms with Gasteiger partial charge in [-0.3, -0.25) is 9.48 Å². The number of nitrogens with one attached hydrogen (secondary N) is 1. The molecule has 1 rings (SSSR count). The van der Waals surface area contributed by atoms with Crippen LogP contribution in [0.3, 0.4) is 0 Å². The molecule has 0 saturated heterocycles. The van der Waals surface area contributed by atoms with Gasteiger partial charge in [0.2, 0.25) is 0 Å². The van der Waals surface area contributed by atoms with Crippen LogP contribution in [0.2, 0.25) is 0 Å². The molecule has 5 heteroatoms. The third-order valence-corrected chi connectivity index (χ3v) is 3.38. The van der Waals surface area contributed by atoms with E-state index >= 15 is 0 Å². The van der Waals surface area contributed by atoms with Crippen LogP contribution in [0.25, 0.3) is 0 Å². The van der Waals surface area contributed by atoms with Gasteiger partial charge < -0.3 is 5.32 Å². The van der Waals surface area contributed by atoms with E-state index in [1.54, 1.807) is 4.68 Å². The molecule has 0 spiro atoms. The fraction of sp³-hybridized carbons (Fsp3) is 0.692. The van der Waals surface area contributed by atoms with Crippen molar-refractivity contribution in [3.8, 4) is 0 Å². The zero-order chi connectivity index (χ0) is 13.5. The van der Waals surface area contributed by atoms with Crippen LogP contribution in [0.1, 0.15) is 42.9 Å². The van der Waals surface area contributed by atoms with Gasteiger partial charge in [0.25, 0.3) is 5.91 Å². The number of amides is 1. The first kappa shape index (κ1) is 15.0. The highest BCUT2D eigenvalue weighted by atomic mass is 35.5. The van der Waals surface area contributed by atoms with Gasteiger partial charge >= 0.3 is 0 Å². The van der Waals surface area contributed by atoms with Gasteiger partial charge in [-0.1, -0.05) is 6.92 Å². The number of aryl methyl sites for hydroxylation is 2. The molecule has 0 bridgehead atoms. The number of alkyl halides is 1. The SMILES string of the molecule is CCn1nc(C)cc1C(=O)NCCCC(C)CCl. The Balaban J connectivity index is 2.40. The first-order valence-corrected chi connectivity index (χ1v) is 7.00. The van der Waals surface area contributed by atoms with Crippen LogP contribution in [-0.2, 0) is 6.54 Å². The van der Waals surface area contributed by atoms with E-state index in [9.17, 15) is 4.79 Å². The minimum atomic E-state index is -0.0454. The Kier molecular flexibility index (Phi) is 6.19. The Morgan fingerprint density at radius 1 is 1.61 bits per heavy atom. The summed E-state index contributed by atoms with van der Waals surface area (Å²) in [4.78, 5) is 12.0. The van der Waals surface area contributed by atoms with Crippen molar-refractivity contribution in [2.75, 3.05) is 12.4 Å². The Bertz CT molecular complexity index is 390. The summed E-state index contributed by atoms with van der Waals surface area (Å²) in [5, 5.41) is 7.18. The van der Waals surface area contributed by atoms with Gasteiger partial charge in [-0.05, 0) is 38.7 Å². The van der Waals surface area contributed by atoms with Gasteiger partial charge in [-0.25, -0.2) is 0 Å². The lowest BCUT2D eigenvalue weighted by Crippen LogP contribution is -2.27. The van der Waals surface area contributed by atoms with E-state index in [1.807, 2.05) is 19.9 Å².